The van der Waals surface area contributed by atoms with Crippen molar-refractivity contribution in [1.29, 1.82) is 0 Å². The second-order valence-corrected chi connectivity index (χ2v) is 13.2. The Morgan fingerprint density at radius 2 is 1.41 bits per heavy atom. The van der Waals surface area contributed by atoms with E-state index >= 15 is 0 Å². The highest BCUT2D eigenvalue weighted by molar-refractivity contribution is 6.08. The molecule has 0 aliphatic carbocycles. The van der Waals surface area contributed by atoms with E-state index in [9.17, 15) is 24.0 Å². The van der Waals surface area contributed by atoms with Gasteiger partial charge in [-0.3, -0.25) is 29.0 Å². The summed E-state index contributed by atoms with van der Waals surface area (Å²) in [5.41, 5.74) is 4.17. The van der Waals surface area contributed by atoms with Gasteiger partial charge in [0.1, 0.15) is 17.1 Å². The van der Waals surface area contributed by atoms with Crippen LogP contribution >= 0.6 is 0 Å². The van der Waals surface area contributed by atoms with E-state index in [1.54, 1.807) is 94.9 Å². The molecule has 3 aromatic heterocycles. The molecular weight excluding hydrogens is 694 g/mol. The van der Waals surface area contributed by atoms with Crippen molar-refractivity contribution >= 4 is 58.5 Å². The highest BCUT2D eigenvalue weighted by atomic mass is 16.5. The molecule has 16 nitrogen and oxygen atoms in total. The van der Waals surface area contributed by atoms with Crippen LogP contribution in [0.2, 0.25) is 0 Å². The minimum absolute atomic E-state index is 0.127. The van der Waals surface area contributed by atoms with Crippen molar-refractivity contribution in [2.24, 2.45) is 26.1 Å². The van der Waals surface area contributed by atoms with Crippen molar-refractivity contribution in [3.05, 3.63) is 83.7 Å². The number of amides is 5. The molecule has 1 saturated heterocycles. The van der Waals surface area contributed by atoms with E-state index < -0.39 is 11.8 Å². The molecule has 6 rings (SSSR count). The third-order valence-electron chi connectivity index (χ3n) is 9.11. The number of hydrogen-bond donors (Lipinski definition) is 4. The lowest BCUT2D eigenvalue weighted by molar-refractivity contribution is -0.116. The van der Waals surface area contributed by atoms with E-state index in [2.05, 4.69) is 32.8 Å². The Kier molecular flexibility index (Phi) is 10.7. The number of benzene rings is 1. The number of anilines is 3. The first-order chi connectivity index (χ1) is 25.8. The van der Waals surface area contributed by atoms with Gasteiger partial charge in [-0.1, -0.05) is 12.2 Å². The Morgan fingerprint density at radius 1 is 0.833 bits per heavy atom. The van der Waals surface area contributed by atoms with Crippen molar-refractivity contribution in [1.82, 2.24) is 23.9 Å². The summed E-state index contributed by atoms with van der Waals surface area (Å²) in [7, 11) is 6.57. The summed E-state index contributed by atoms with van der Waals surface area (Å²) in [4.78, 5) is 70.8. The van der Waals surface area contributed by atoms with Gasteiger partial charge in [-0.05, 0) is 44.0 Å². The van der Waals surface area contributed by atoms with Gasteiger partial charge < -0.3 is 49.3 Å². The first-order valence-electron chi connectivity index (χ1n) is 17.4. The second-order valence-electron chi connectivity index (χ2n) is 13.2. The first kappa shape index (κ1) is 37.2. The average molecular weight is 738 g/mol. The molecule has 0 radical (unpaired) electrons. The van der Waals surface area contributed by atoms with Crippen molar-refractivity contribution < 1.29 is 33.4 Å². The van der Waals surface area contributed by atoms with Crippen LogP contribution < -0.4 is 30.7 Å². The van der Waals surface area contributed by atoms with E-state index in [-0.39, 0.29) is 48.2 Å². The van der Waals surface area contributed by atoms with Crippen LogP contribution in [0.4, 0.5) is 22.7 Å². The topological polar surface area (TPSA) is 182 Å². The number of carbonyl (C=O) groups excluding carboxylic acids is 5. The third kappa shape index (κ3) is 7.91. The average Bonchev–Trinajstić information content (AvgIpc) is 3.88. The lowest BCUT2D eigenvalue weighted by Crippen LogP contribution is -2.35. The number of nitrogens with zero attached hydrogens (tertiary/aromatic N) is 5. The molecule has 0 saturated carbocycles. The van der Waals surface area contributed by atoms with Crippen LogP contribution in [-0.2, 0) is 25.9 Å². The number of carbonyl (C=O) groups is 5. The Balaban J connectivity index is 1.00. The fourth-order valence-electron chi connectivity index (χ4n) is 6.46. The van der Waals surface area contributed by atoms with Crippen molar-refractivity contribution in [2.75, 3.05) is 42.8 Å². The van der Waals surface area contributed by atoms with Crippen LogP contribution in [0.1, 0.15) is 68.0 Å². The molecule has 5 heterocycles. The number of methoxy groups -OCH3 is 1. The zero-order valence-corrected chi connectivity index (χ0v) is 30.8. The summed E-state index contributed by atoms with van der Waals surface area (Å²) in [6.07, 6.45) is 7.86. The quantitative estimate of drug-likeness (QED) is 0.117. The fraction of sp³-hybridized carbons (Fsp3) is 0.316. The molecule has 282 valence electrons. The molecule has 16 heteroatoms. The van der Waals surface area contributed by atoms with Crippen LogP contribution in [0, 0.1) is 0 Å². The van der Waals surface area contributed by atoms with Crippen LogP contribution in [0.5, 0.6) is 11.5 Å². The SMILES string of the molecule is C=C1C[C@H]2C=Nc3cc(OCCCC(=O)Nc4cc(C(=O)Nc5cc(C(=O)Nc6cc(C(=O)NCC)n(C)c6)n(C)c5)n(C)c4)c(OC)cc3C(=O)N2C1. The van der Waals surface area contributed by atoms with Crippen LogP contribution in [0.25, 0.3) is 0 Å². The van der Waals surface area contributed by atoms with Gasteiger partial charge in [0.25, 0.3) is 23.6 Å². The summed E-state index contributed by atoms with van der Waals surface area (Å²) < 4.78 is 16.3. The molecule has 0 spiro atoms. The Hall–Kier alpha value is -6.58. The largest absolute Gasteiger partial charge is 0.493 e. The number of fused-ring (bicyclic) bond motifs is 2. The van der Waals surface area contributed by atoms with Gasteiger partial charge in [-0.25, -0.2) is 0 Å². The summed E-state index contributed by atoms with van der Waals surface area (Å²) in [6.45, 7) is 7.01. The number of aliphatic imine (C=N–C) groups is 1. The maximum absolute atomic E-state index is 13.2. The second kappa shape index (κ2) is 15.6. The number of nitrogens with one attached hydrogen (secondary N) is 4. The molecule has 0 unspecified atom stereocenters. The molecule has 2 aliphatic rings. The summed E-state index contributed by atoms with van der Waals surface area (Å²) in [5.74, 6) is -0.702. The summed E-state index contributed by atoms with van der Waals surface area (Å²) >= 11 is 0. The van der Waals surface area contributed by atoms with Gasteiger partial charge in [0.2, 0.25) is 5.91 Å². The molecule has 1 fully saturated rings. The van der Waals surface area contributed by atoms with Gasteiger partial charge in [0, 0.05) is 71.5 Å². The van der Waals surface area contributed by atoms with Gasteiger partial charge in [-0.15, -0.1) is 0 Å². The molecule has 54 heavy (non-hydrogen) atoms. The fourth-order valence-corrected chi connectivity index (χ4v) is 6.46. The van der Waals surface area contributed by atoms with Crippen LogP contribution in [-0.4, -0.2) is 87.2 Å². The minimum Gasteiger partial charge on any atom is -0.493 e. The number of aromatic nitrogens is 3. The highest BCUT2D eigenvalue weighted by Gasteiger charge is 2.34. The Bertz CT molecular complexity index is 2190. The zero-order valence-electron chi connectivity index (χ0n) is 30.8. The predicted molar refractivity (Wildman–Crippen MR) is 203 cm³/mol. The first-order valence-corrected chi connectivity index (χ1v) is 17.4. The minimum atomic E-state index is -0.440. The normalized spacial score (nSPS) is 14.6. The molecular formula is C38H43N9O7. The maximum Gasteiger partial charge on any atom is 0.272 e. The molecule has 4 N–H and O–H groups in total. The lowest BCUT2D eigenvalue weighted by atomic mass is 10.1. The number of rotatable bonds is 13. The molecule has 5 amide bonds. The number of aryl methyl sites for hydroxylation is 3. The van der Waals surface area contributed by atoms with E-state index in [4.69, 9.17) is 9.47 Å². The van der Waals surface area contributed by atoms with E-state index in [1.807, 2.05) is 6.92 Å². The maximum atomic E-state index is 13.2. The van der Waals surface area contributed by atoms with Crippen molar-refractivity contribution in [3.63, 3.8) is 0 Å². The standard InChI is InChI=1S/C38H43N9O7/c1-7-39-35(49)29-13-24(20-44(29)3)42-37(51)31-14-25(21-46(31)5)43-36(50)30-12-23(19-45(30)4)41-34(48)9-8-10-54-33-16-28-27(15-32(33)53-6)38(52)47-18-22(2)11-26(47)17-40-28/h12-17,19-21,26H,2,7-11,18H2,1,3-6H3,(H,39,49)(H,41,48)(H,42,51)(H,43,50)/t26-/m0/s1. The van der Waals surface area contributed by atoms with Crippen LogP contribution in [0.15, 0.2) is 66.1 Å². The smallest absolute Gasteiger partial charge is 0.272 e. The molecule has 4 aromatic rings. The third-order valence-corrected chi connectivity index (χ3v) is 9.11. The van der Waals surface area contributed by atoms with Crippen LogP contribution in [0.3, 0.4) is 0 Å². The van der Waals surface area contributed by atoms with E-state index in [1.165, 1.54) is 7.11 Å². The molecule has 2 aliphatic heterocycles. The van der Waals surface area contributed by atoms with Gasteiger partial charge in [-0.2, -0.15) is 0 Å². The number of ether oxygens (including phenoxy) is 2. The predicted octanol–water partition coefficient (Wildman–Crippen LogP) is 4.25. The summed E-state index contributed by atoms with van der Waals surface area (Å²) in [6, 6.07) is 7.88. The Morgan fingerprint density at radius 3 is 1.98 bits per heavy atom. The lowest BCUT2D eigenvalue weighted by Gasteiger charge is -2.20. The van der Waals surface area contributed by atoms with E-state index in [0.717, 1.165) is 5.57 Å². The monoisotopic (exact) mass is 737 g/mol. The molecule has 1 atom stereocenters. The van der Waals surface area contributed by atoms with E-state index in [0.29, 0.717) is 71.4 Å². The van der Waals surface area contributed by atoms with Crippen molar-refractivity contribution in [3.8, 4) is 11.5 Å². The summed E-state index contributed by atoms with van der Waals surface area (Å²) in [5, 5.41) is 11.1. The van der Waals surface area contributed by atoms with Gasteiger partial charge in [0.15, 0.2) is 11.5 Å². The Labute approximate surface area is 311 Å². The number of hydrogen-bond acceptors (Lipinski definition) is 8. The highest BCUT2D eigenvalue weighted by Crippen LogP contribution is 2.38. The molecule has 0 bridgehead atoms. The van der Waals surface area contributed by atoms with Gasteiger partial charge in [0.05, 0.1) is 48.1 Å². The molecule has 1 aromatic carbocycles. The zero-order chi connectivity index (χ0) is 38.7. The van der Waals surface area contributed by atoms with Gasteiger partial charge >= 0.3 is 0 Å². The van der Waals surface area contributed by atoms with Crippen molar-refractivity contribution in [2.45, 2.75) is 32.2 Å².